The molecule has 1 amide bonds. The normalized spacial score (nSPS) is 11.6. The fourth-order valence-electron chi connectivity index (χ4n) is 1.80. The van der Waals surface area contributed by atoms with Gasteiger partial charge in [0, 0.05) is 17.5 Å². The van der Waals surface area contributed by atoms with Crippen LogP contribution in [0.3, 0.4) is 0 Å². The van der Waals surface area contributed by atoms with Gasteiger partial charge in [-0.3, -0.25) is 9.48 Å². The highest BCUT2D eigenvalue weighted by Crippen LogP contribution is 2.18. The molecule has 0 unspecified atom stereocenters. The summed E-state index contributed by atoms with van der Waals surface area (Å²) < 4.78 is 37.3. The van der Waals surface area contributed by atoms with Crippen LogP contribution in [0.2, 0.25) is 0 Å². The van der Waals surface area contributed by atoms with Gasteiger partial charge in [0.1, 0.15) is 6.54 Å². The van der Waals surface area contributed by atoms with Crippen LogP contribution in [0.15, 0.2) is 29.9 Å². The maximum atomic E-state index is 12.2. The number of aryl methyl sites for hydroxylation is 1. The van der Waals surface area contributed by atoms with Gasteiger partial charge in [0.05, 0.1) is 11.9 Å². The Balaban J connectivity index is 1.75. The molecule has 8 heteroatoms. The molecular weight excluding hydrogens is 303 g/mol. The lowest BCUT2D eigenvalue weighted by Crippen LogP contribution is -2.18. The third-order valence-corrected chi connectivity index (χ3v) is 3.60. The van der Waals surface area contributed by atoms with Crippen LogP contribution in [0.25, 0.3) is 0 Å². The third-order valence-electron chi connectivity index (χ3n) is 2.67. The number of nitrogens with zero attached hydrogens (tertiary/aromatic N) is 2. The molecule has 0 aromatic carbocycles. The summed E-state index contributed by atoms with van der Waals surface area (Å²) in [6, 6.07) is 3.96. The van der Waals surface area contributed by atoms with E-state index in [1.165, 1.54) is 17.3 Å². The first-order valence-corrected chi connectivity index (χ1v) is 7.22. The van der Waals surface area contributed by atoms with Crippen LogP contribution in [0.4, 0.5) is 18.9 Å². The Bertz CT molecular complexity index is 578. The lowest BCUT2D eigenvalue weighted by molar-refractivity contribution is -0.142. The highest BCUT2D eigenvalue weighted by Gasteiger charge is 2.28. The first-order chi connectivity index (χ1) is 9.92. The number of halogens is 3. The number of alkyl halides is 3. The van der Waals surface area contributed by atoms with E-state index >= 15 is 0 Å². The van der Waals surface area contributed by atoms with Gasteiger partial charge < -0.3 is 5.32 Å². The summed E-state index contributed by atoms with van der Waals surface area (Å²) in [6.07, 6.45) is -0.106. The number of hydrogen-bond donors (Lipinski definition) is 1. The fourth-order valence-corrected chi connectivity index (χ4v) is 2.55. The fraction of sp³-hybridized carbons (Fsp3) is 0.385. The van der Waals surface area contributed by atoms with E-state index in [1.54, 1.807) is 11.3 Å². The van der Waals surface area contributed by atoms with Gasteiger partial charge in [-0.2, -0.15) is 18.3 Å². The zero-order valence-electron chi connectivity index (χ0n) is 11.1. The van der Waals surface area contributed by atoms with E-state index in [4.69, 9.17) is 0 Å². The van der Waals surface area contributed by atoms with Crippen molar-refractivity contribution in [3.8, 4) is 0 Å². The highest BCUT2D eigenvalue weighted by molar-refractivity contribution is 7.09. The summed E-state index contributed by atoms with van der Waals surface area (Å²) in [5.41, 5.74) is 0.278. The van der Waals surface area contributed by atoms with Crippen LogP contribution in [0, 0.1) is 0 Å². The molecule has 2 aromatic rings. The van der Waals surface area contributed by atoms with Gasteiger partial charge in [-0.25, -0.2) is 0 Å². The average molecular weight is 317 g/mol. The summed E-state index contributed by atoms with van der Waals surface area (Å²) in [6.45, 7) is -1.17. The second kappa shape index (κ2) is 6.75. The van der Waals surface area contributed by atoms with Crippen molar-refractivity contribution in [2.75, 3.05) is 5.32 Å². The second-order valence-electron chi connectivity index (χ2n) is 4.52. The minimum absolute atomic E-state index is 0.224. The Kier molecular flexibility index (Phi) is 5.00. The van der Waals surface area contributed by atoms with Crippen LogP contribution in [0.1, 0.15) is 17.7 Å². The van der Waals surface area contributed by atoms with Gasteiger partial charge in [-0.1, -0.05) is 6.07 Å². The molecule has 0 saturated heterocycles. The van der Waals surface area contributed by atoms with Gasteiger partial charge in [0.25, 0.3) is 0 Å². The lowest BCUT2D eigenvalue weighted by Gasteiger charge is -2.05. The Morgan fingerprint density at radius 1 is 1.43 bits per heavy atom. The Hall–Kier alpha value is -1.83. The number of anilines is 1. The van der Waals surface area contributed by atoms with Crippen molar-refractivity contribution in [1.82, 2.24) is 9.78 Å². The van der Waals surface area contributed by atoms with Crippen LogP contribution in [-0.2, 0) is 17.8 Å². The van der Waals surface area contributed by atoms with E-state index in [0.717, 1.165) is 11.1 Å². The first-order valence-electron chi connectivity index (χ1n) is 6.34. The quantitative estimate of drug-likeness (QED) is 0.887. The van der Waals surface area contributed by atoms with E-state index < -0.39 is 12.7 Å². The number of amides is 1. The van der Waals surface area contributed by atoms with Crippen LogP contribution in [0.5, 0.6) is 0 Å². The largest absolute Gasteiger partial charge is 0.408 e. The van der Waals surface area contributed by atoms with Crippen molar-refractivity contribution in [3.63, 3.8) is 0 Å². The molecule has 21 heavy (non-hydrogen) atoms. The molecule has 0 spiro atoms. The van der Waals surface area contributed by atoms with Crippen molar-refractivity contribution in [2.45, 2.75) is 32.0 Å². The van der Waals surface area contributed by atoms with Gasteiger partial charge in [0.15, 0.2) is 0 Å². The lowest BCUT2D eigenvalue weighted by atomic mass is 10.2. The van der Waals surface area contributed by atoms with Gasteiger partial charge in [-0.05, 0) is 24.3 Å². The maximum absolute atomic E-state index is 12.2. The minimum Gasteiger partial charge on any atom is -0.323 e. The predicted molar refractivity (Wildman–Crippen MR) is 74.2 cm³/mol. The molecular formula is C13H14F3N3OS. The number of carbonyl (C=O) groups excluding carboxylic acids is 1. The molecule has 0 bridgehead atoms. The second-order valence-corrected chi connectivity index (χ2v) is 5.56. The first kappa shape index (κ1) is 15.6. The zero-order valence-corrected chi connectivity index (χ0v) is 11.9. The Morgan fingerprint density at radius 2 is 2.24 bits per heavy atom. The van der Waals surface area contributed by atoms with Crippen LogP contribution >= 0.6 is 11.3 Å². The van der Waals surface area contributed by atoms with Crippen molar-refractivity contribution in [1.29, 1.82) is 0 Å². The van der Waals surface area contributed by atoms with Crippen LogP contribution in [-0.4, -0.2) is 21.9 Å². The van der Waals surface area contributed by atoms with Crippen LogP contribution < -0.4 is 5.32 Å². The number of thiophene rings is 1. The molecule has 2 rings (SSSR count). The summed E-state index contributed by atoms with van der Waals surface area (Å²) >= 11 is 1.64. The molecule has 2 aromatic heterocycles. The van der Waals surface area contributed by atoms with E-state index in [9.17, 15) is 18.0 Å². The molecule has 0 fully saturated rings. The monoisotopic (exact) mass is 317 g/mol. The number of carbonyl (C=O) groups is 1. The zero-order chi connectivity index (χ0) is 15.3. The van der Waals surface area contributed by atoms with Gasteiger partial charge >= 0.3 is 6.18 Å². The molecule has 0 atom stereocenters. The molecule has 0 saturated carbocycles. The summed E-state index contributed by atoms with van der Waals surface area (Å²) in [7, 11) is 0. The van der Waals surface area contributed by atoms with E-state index in [2.05, 4.69) is 10.4 Å². The average Bonchev–Trinajstić information content (AvgIpc) is 2.99. The Labute approximate surface area is 123 Å². The van der Waals surface area contributed by atoms with Gasteiger partial charge in [0.2, 0.25) is 5.91 Å². The number of rotatable bonds is 6. The molecule has 1 N–H and O–H groups in total. The maximum Gasteiger partial charge on any atom is 0.408 e. The topological polar surface area (TPSA) is 46.9 Å². The molecule has 0 aliphatic heterocycles. The molecule has 0 aliphatic carbocycles. The standard InChI is InChI=1S/C13H14F3N3OS/c14-13(15,16)9-19-8-10(7-17-19)18-12(20)5-1-3-11-4-2-6-21-11/h2,4,6-8H,1,3,5,9H2,(H,18,20). The minimum atomic E-state index is -4.33. The van der Waals surface area contributed by atoms with E-state index in [1.807, 2.05) is 17.5 Å². The molecule has 0 aliphatic rings. The van der Waals surface area contributed by atoms with Crippen molar-refractivity contribution in [2.24, 2.45) is 0 Å². The number of aromatic nitrogens is 2. The third kappa shape index (κ3) is 5.58. The van der Waals surface area contributed by atoms with Crippen molar-refractivity contribution in [3.05, 3.63) is 34.8 Å². The van der Waals surface area contributed by atoms with Crippen molar-refractivity contribution >= 4 is 22.9 Å². The summed E-state index contributed by atoms with van der Waals surface area (Å²) in [5, 5.41) is 8.08. The highest BCUT2D eigenvalue weighted by atomic mass is 32.1. The SMILES string of the molecule is O=C(CCCc1cccs1)Nc1cnn(CC(F)(F)F)c1. The summed E-state index contributed by atoms with van der Waals surface area (Å²) in [5.74, 6) is -0.224. The molecule has 114 valence electrons. The number of nitrogens with one attached hydrogen (secondary N) is 1. The van der Waals surface area contributed by atoms with Gasteiger partial charge in [-0.15, -0.1) is 11.3 Å². The number of hydrogen-bond acceptors (Lipinski definition) is 3. The van der Waals surface area contributed by atoms with E-state index in [0.29, 0.717) is 12.8 Å². The molecule has 0 radical (unpaired) electrons. The Morgan fingerprint density at radius 3 is 2.90 bits per heavy atom. The molecule has 2 heterocycles. The smallest absolute Gasteiger partial charge is 0.323 e. The summed E-state index contributed by atoms with van der Waals surface area (Å²) in [4.78, 5) is 12.9. The predicted octanol–water partition coefficient (Wildman–Crippen LogP) is 3.47. The molecule has 4 nitrogen and oxygen atoms in total. The van der Waals surface area contributed by atoms with E-state index in [-0.39, 0.29) is 11.6 Å². The van der Waals surface area contributed by atoms with Crippen molar-refractivity contribution < 1.29 is 18.0 Å².